The second kappa shape index (κ2) is 3.44. The van der Waals surface area contributed by atoms with Crippen molar-refractivity contribution >= 4 is 48.3 Å². The summed E-state index contributed by atoms with van der Waals surface area (Å²) in [5.41, 5.74) is 6.52. The molecule has 0 saturated heterocycles. The van der Waals surface area contributed by atoms with Crippen LogP contribution >= 0.6 is 31.9 Å². The Morgan fingerprint density at radius 3 is 2.43 bits per heavy atom. The quantitative estimate of drug-likeness (QED) is 0.729. The van der Waals surface area contributed by atoms with Gasteiger partial charge in [0.15, 0.2) is 0 Å². The molecule has 0 aliphatic carbocycles. The molecule has 14 heavy (non-hydrogen) atoms. The highest BCUT2D eigenvalue weighted by Gasteiger charge is 2.06. The van der Waals surface area contributed by atoms with Crippen molar-refractivity contribution in [3.8, 4) is 5.75 Å². The molecule has 2 rings (SSSR count). The average Bonchev–Trinajstić information content (AvgIpc) is 2.14. The topological polar surface area (TPSA) is 46.2 Å². The van der Waals surface area contributed by atoms with E-state index < -0.39 is 0 Å². The minimum atomic E-state index is 0.217. The molecule has 0 unspecified atom stereocenters. The fourth-order valence-corrected chi connectivity index (χ4v) is 2.68. The number of phenolic OH excluding ortho intramolecular Hbond substituents is 1. The summed E-state index contributed by atoms with van der Waals surface area (Å²) in [5, 5.41) is 11.2. The van der Waals surface area contributed by atoms with Crippen LogP contribution in [0.4, 0.5) is 5.69 Å². The van der Waals surface area contributed by atoms with Crippen LogP contribution in [-0.2, 0) is 0 Å². The Balaban J connectivity index is 2.95. The van der Waals surface area contributed by atoms with E-state index in [1.165, 1.54) is 0 Å². The number of aromatic hydroxyl groups is 1. The highest BCUT2D eigenvalue weighted by molar-refractivity contribution is 9.11. The number of nitrogen functional groups attached to an aromatic ring is 1. The van der Waals surface area contributed by atoms with Crippen LogP contribution in [0.5, 0.6) is 5.75 Å². The van der Waals surface area contributed by atoms with Gasteiger partial charge in [0.05, 0.1) is 5.69 Å². The van der Waals surface area contributed by atoms with Crippen LogP contribution in [-0.4, -0.2) is 5.11 Å². The SMILES string of the molecule is Nc1c(Br)cc(Br)c2ccc(O)cc12. The summed E-state index contributed by atoms with van der Waals surface area (Å²) in [7, 11) is 0. The van der Waals surface area contributed by atoms with Gasteiger partial charge in [0.25, 0.3) is 0 Å². The van der Waals surface area contributed by atoms with Gasteiger partial charge >= 0.3 is 0 Å². The predicted molar refractivity (Wildman–Crippen MR) is 65.4 cm³/mol. The molecule has 0 aliphatic heterocycles. The van der Waals surface area contributed by atoms with Crippen molar-refractivity contribution in [3.05, 3.63) is 33.2 Å². The molecule has 0 heterocycles. The Bertz CT molecular complexity index is 511. The van der Waals surface area contributed by atoms with Crippen molar-refractivity contribution in [3.63, 3.8) is 0 Å². The zero-order chi connectivity index (χ0) is 10.3. The third kappa shape index (κ3) is 1.48. The Kier molecular flexibility index (Phi) is 2.41. The third-order valence-corrected chi connectivity index (χ3v) is 3.37. The lowest BCUT2D eigenvalue weighted by atomic mass is 10.1. The maximum atomic E-state index is 9.35. The molecule has 0 aromatic heterocycles. The molecule has 0 atom stereocenters. The van der Waals surface area contributed by atoms with Crippen molar-refractivity contribution in [1.29, 1.82) is 0 Å². The van der Waals surface area contributed by atoms with Gasteiger partial charge in [0.1, 0.15) is 5.75 Å². The fourth-order valence-electron chi connectivity index (χ4n) is 1.36. The molecule has 0 spiro atoms. The van der Waals surface area contributed by atoms with Gasteiger partial charge in [-0.3, -0.25) is 0 Å². The predicted octanol–water partition coefficient (Wildman–Crippen LogP) is 3.65. The number of halogens is 2. The normalized spacial score (nSPS) is 10.7. The standard InChI is InChI=1S/C10H7Br2NO/c11-8-4-9(12)10(13)7-3-5(14)1-2-6(7)8/h1-4,14H,13H2. The minimum Gasteiger partial charge on any atom is -0.508 e. The summed E-state index contributed by atoms with van der Waals surface area (Å²) >= 11 is 6.79. The average molecular weight is 317 g/mol. The Morgan fingerprint density at radius 2 is 1.71 bits per heavy atom. The number of hydrogen-bond acceptors (Lipinski definition) is 2. The zero-order valence-electron chi connectivity index (χ0n) is 7.09. The van der Waals surface area contributed by atoms with E-state index in [0.717, 1.165) is 19.7 Å². The summed E-state index contributed by atoms with van der Waals surface area (Å²) in [6.45, 7) is 0. The molecule has 0 saturated carbocycles. The first-order chi connectivity index (χ1) is 6.59. The number of anilines is 1. The molecule has 0 bridgehead atoms. The maximum Gasteiger partial charge on any atom is 0.116 e. The van der Waals surface area contributed by atoms with Gasteiger partial charge in [-0.25, -0.2) is 0 Å². The largest absolute Gasteiger partial charge is 0.508 e. The van der Waals surface area contributed by atoms with Crippen LogP contribution in [0.15, 0.2) is 33.2 Å². The monoisotopic (exact) mass is 315 g/mol. The lowest BCUT2D eigenvalue weighted by molar-refractivity contribution is 0.476. The smallest absolute Gasteiger partial charge is 0.116 e. The van der Waals surface area contributed by atoms with E-state index in [1.807, 2.05) is 12.1 Å². The second-order valence-corrected chi connectivity index (χ2v) is 4.69. The number of hydrogen-bond donors (Lipinski definition) is 2. The maximum absolute atomic E-state index is 9.35. The van der Waals surface area contributed by atoms with Crippen molar-refractivity contribution in [2.24, 2.45) is 0 Å². The molecule has 4 heteroatoms. The molecular formula is C10H7Br2NO. The number of fused-ring (bicyclic) bond motifs is 1. The molecule has 0 fully saturated rings. The minimum absolute atomic E-state index is 0.217. The van der Waals surface area contributed by atoms with E-state index in [2.05, 4.69) is 31.9 Å². The summed E-state index contributed by atoms with van der Waals surface area (Å²) in [4.78, 5) is 0. The van der Waals surface area contributed by atoms with Crippen molar-refractivity contribution in [1.82, 2.24) is 0 Å². The molecule has 72 valence electrons. The Labute approximate surface area is 98.0 Å². The van der Waals surface area contributed by atoms with Crippen LogP contribution in [0.1, 0.15) is 0 Å². The molecule has 0 aliphatic rings. The van der Waals surface area contributed by atoms with Crippen molar-refractivity contribution in [2.75, 3.05) is 5.73 Å². The highest BCUT2D eigenvalue weighted by Crippen LogP contribution is 2.36. The van der Waals surface area contributed by atoms with Gasteiger partial charge in [-0.15, -0.1) is 0 Å². The van der Waals surface area contributed by atoms with E-state index >= 15 is 0 Å². The molecule has 0 amide bonds. The summed E-state index contributed by atoms with van der Waals surface area (Å²) in [6, 6.07) is 7.02. The van der Waals surface area contributed by atoms with Gasteiger partial charge in [-0.1, -0.05) is 15.9 Å². The lowest BCUT2D eigenvalue weighted by Crippen LogP contribution is -1.89. The van der Waals surface area contributed by atoms with E-state index in [9.17, 15) is 5.11 Å². The van der Waals surface area contributed by atoms with E-state index in [0.29, 0.717) is 5.69 Å². The van der Waals surface area contributed by atoms with Gasteiger partial charge in [0, 0.05) is 14.3 Å². The molecule has 2 nitrogen and oxygen atoms in total. The first-order valence-electron chi connectivity index (χ1n) is 3.96. The summed E-state index contributed by atoms with van der Waals surface area (Å²) in [5.74, 6) is 0.217. The molecular weight excluding hydrogens is 310 g/mol. The number of nitrogens with two attached hydrogens (primary N) is 1. The summed E-state index contributed by atoms with van der Waals surface area (Å²) in [6.07, 6.45) is 0. The zero-order valence-corrected chi connectivity index (χ0v) is 10.3. The van der Waals surface area contributed by atoms with Gasteiger partial charge in [0.2, 0.25) is 0 Å². The molecule has 2 aromatic carbocycles. The van der Waals surface area contributed by atoms with Gasteiger partial charge < -0.3 is 10.8 Å². The third-order valence-electron chi connectivity index (χ3n) is 2.06. The number of rotatable bonds is 0. The number of phenols is 1. The van der Waals surface area contributed by atoms with Crippen molar-refractivity contribution < 1.29 is 5.11 Å². The summed E-state index contributed by atoms with van der Waals surface area (Å²) < 4.78 is 1.77. The van der Waals surface area contributed by atoms with Crippen LogP contribution in [0.25, 0.3) is 10.8 Å². The highest BCUT2D eigenvalue weighted by atomic mass is 79.9. The van der Waals surface area contributed by atoms with Crippen LogP contribution < -0.4 is 5.73 Å². The first kappa shape index (κ1) is 9.80. The number of benzene rings is 2. The molecule has 3 N–H and O–H groups in total. The van der Waals surface area contributed by atoms with E-state index in [-0.39, 0.29) is 5.75 Å². The Morgan fingerprint density at radius 1 is 1.00 bits per heavy atom. The lowest BCUT2D eigenvalue weighted by Gasteiger charge is -2.07. The van der Waals surface area contributed by atoms with E-state index in [4.69, 9.17) is 5.73 Å². The van der Waals surface area contributed by atoms with Crippen molar-refractivity contribution in [2.45, 2.75) is 0 Å². The fraction of sp³-hybridized carbons (Fsp3) is 0. The van der Waals surface area contributed by atoms with Crippen LogP contribution in [0.3, 0.4) is 0 Å². The van der Waals surface area contributed by atoms with E-state index in [1.54, 1.807) is 12.1 Å². The second-order valence-electron chi connectivity index (χ2n) is 2.98. The molecule has 2 aromatic rings. The Hall–Kier alpha value is -0.740. The van der Waals surface area contributed by atoms with Gasteiger partial charge in [-0.2, -0.15) is 0 Å². The van der Waals surface area contributed by atoms with Gasteiger partial charge in [-0.05, 0) is 45.6 Å². The molecule has 0 radical (unpaired) electrons. The van der Waals surface area contributed by atoms with Crippen LogP contribution in [0, 0.1) is 0 Å². The first-order valence-corrected chi connectivity index (χ1v) is 5.54. The van der Waals surface area contributed by atoms with Crippen LogP contribution in [0.2, 0.25) is 0 Å².